The Labute approximate surface area is 173 Å². The lowest BCUT2D eigenvalue weighted by atomic mass is 9.95. The van der Waals surface area contributed by atoms with E-state index in [0.717, 1.165) is 35.6 Å². The largest absolute Gasteiger partial charge is 0.323 e. The van der Waals surface area contributed by atoms with Crippen molar-refractivity contribution in [1.29, 1.82) is 0 Å². The summed E-state index contributed by atoms with van der Waals surface area (Å²) < 4.78 is 28.8. The molecule has 0 saturated carbocycles. The third kappa shape index (κ3) is 5.09. The summed E-state index contributed by atoms with van der Waals surface area (Å²) in [6.45, 7) is 9.62. The lowest BCUT2D eigenvalue weighted by Crippen LogP contribution is -2.47. The monoisotopic (exact) mass is 418 g/mol. The second kappa shape index (κ2) is 9.15. The molecule has 3 rings (SSSR count). The number of nitrogens with one attached hydrogen (secondary N) is 1. The average Bonchev–Trinajstić information content (AvgIpc) is 2.68. The van der Waals surface area contributed by atoms with Crippen molar-refractivity contribution in [3.8, 4) is 0 Å². The van der Waals surface area contributed by atoms with Gasteiger partial charge in [0, 0.05) is 49.2 Å². The maximum Gasteiger partial charge on any atom is 0.281 e. The van der Waals surface area contributed by atoms with Gasteiger partial charge in [-0.1, -0.05) is 13.8 Å². The molecular formula is C20H30N6O2S. The summed E-state index contributed by atoms with van der Waals surface area (Å²) in [5.74, 6) is 0.645. The van der Waals surface area contributed by atoms with Gasteiger partial charge in [0.25, 0.3) is 10.2 Å². The molecule has 0 aliphatic carbocycles. The van der Waals surface area contributed by atoms with Crippen LogP contribution in [0.25, 0.3) is 0 Å². The number of aryl methyl sites for hydroxylation is 2. The highest BCUT2D eigenvalue weighted by molar-refractivity contribution is 7.86. The molecule has 158 valence electrons. The zero-order valence-corrected chi connectivity index (χ0v) is 18.4. The highest BCUT2D eigenvalue weighted by Crippen LogP contribution is 2.28. The van der Waals surface area contributed by atoms with Crippen molar-refractivity contribution in [1.82, 2.24) is 23.6 Å². The van der Waals surface area contributed by atoms with Gasteiger partial charge in [-0.25, -0.2) is 9.97 Å². The molecule has 29 heavy (non-hydrogen) atoms. The molecule has 2 aromatic heterocycles. The van der Waals surface area contributed by atoms with Crippen LogP contribution in [-0.2, 0) is 10.2 Å². The first-order valence-corrected chi connectivity index (χ1v) is 11.5. The van der Waals surface area contributed by atoms with Crippen molar-refractivity contribution in [2.45, 2.75) is 46.5 Å². The zero-order valence-electron chi connectivity index (χ0n) is 17.6. The van der Waals surface area contributed by atoms with Gasteiger partial charge < -0.3 is 5.32 Å². The van der Waals surface area contributed by atoms with Gasteiger partial charge in [-0.3, -0.25) is 4.98 Å². The smallest absolute Gasteiger partial charge is 0.281 e. The van der Waals surface area contributed by atoms with Gasteiger partial charge in [-0.2, -0.15) is 17.0 Å². The first-order chi connectivity index (χ1) is 13.8. The van der Waals surface area contributed by atoms with Gasteiger partial charge in [-0.15, -0.1) is 0 Å². The number of aromatic nitrogens is 3. The van der Waals surface area contributed by atoms with Gasteiger partial charge in [0.1, 0.15) is 0 Å². The highest BCUT2D eigenvalue weighted by Gasteiger charge is 2.33. The van der Waals surface area contributed by atoms with E-state index in [0.29, 0.717) is 32.1 Å². The van der Waals surface area contributed by atoms with Crippen LogP contribution < -0.4 is 5.32 Å². The van der Waals surface area contributed by atoms with Crippen LogP contribution in [0.4, 0.5) is 11.6 Å². The Morgan fingerprint density at radius 3 is 2.45 bits per heavy atom. The molecule has 9 heteroatoms. The summed E-state index contributed by atoms with van der Waals surface area (Å²) in [7, 11) is -3.41. The Bertz CT molecular complexity index is 908. The van der Waals surface area contributed by atoms with E-state index in [1.54, 1.807) is 10.5 Å². The van der Waals surface area contributed by atoms with Crippen LogP contribution in [0.1, 0.15) is 49.7 Å². The molecule has 0 radical (unpaired) electrons. The fourth-order valence-electron chi connectivity index (χ4n) is 3.74. The minimum atomic E-state index is -3.41. The number of hydrogen-bond donors (Lipinski definition) is 1. The Kier molecular flexibility index (Phi) is 6.81. The molecule has 0 unspecified atom stereocenters. The van der Waals surface area contributed by atoms with E-state index in [-0.39, 0.29) is 5.92 Å². The van der Waals surface area contributed by atoms with E-state index in [1.807, 2.05) is 45.9 Å². The first-order valence-electron chi connectivity index (χ1n) is 10.1. The molecule has 3 heterocycles. The summed E-state index contributed by atoms with van der Waals surface area (Å²) in [5.41, 5.74) is 3.53. The standard InChI is InChI=1S/C20H30N6O2S/c1-5-25(6-2)29(27,28)26-11-7-8-17(14-26)19-10-9-18(13-21-19)24-20-22-15(3)12-16(4)23-20/h9-10,12-13,17H,5-8,11,14H2,1-4H3,(H,22,23,24)/t17-/m0/s1. The predicted molar refractivity (Wildman–Crippen MR) is 114 cm³/mol. The second-order valence-corrected chi connectivity index (χ2v) is 9.29. The molecule has 1 aliphatic heterocycles. The van der Waals surface area contributed by atoms with Crippen molar-refractivity contribution in [3.63, 3.8) is 0 Å². The van der Waals surface area contributed by atoms with Crippen LogP contribution in [0, 0.1) is 13.8 Å². The lowest BCUT2D eigenvalue weighted by molar-refractivity contribution is 0.285. The van der Waals surface area contributed by atoms with Crippen LogP contribution in [0.5, 0.6) is 0 Å². The molecule has 8 nitrogen and oxygen atoms in total. The topological polar surface area (TPSA) is 91.3 Å². The number of nitrogens with zero attached hydrogens (tertiary/aromatic N) is 5. The quantitative estimate of drug-likeness (QED) is 0.743. The van der Waals surface area contributed by atoms with Gasteiger partial charge >= 0.3 is 0 Å². The minimum absolute atomic E-state index is 0.0978. The number of piperidine rings is 1. The molecule has 1 aliphatic rings. The summed E-state index contributed by atoms with van der Waals surface area (Å²) in [5, 5.41) is 3.18. The summed E-state index contributed by atoms with van der Waals surface area (Å²) >= 11 is 0. The van der Waals surface area contributed by atoms with Crippen molar-refractivity contribution < 1.29 is 8.42 Å². The van der Waals surface area contributed by atoms with Crippen molar-refractivity contribution in [2.75, 3.05) is 31.5 Å². The van der Waals surface area contributed by atoms with Crippen LogP contribution in [-0.4, -0.2) is 58.2 Å². The fourth-order valence-corrected chi connectivity index (χ4v) is 5.45. The normalized spacial score (nSPS) is 18.2. The van der Waals surface area contributed by atoms with Crippen LogP contribution in [0.2, 0.25) is 0 Å². The minimum Gasteiger partial charge on any atom is -0.323 e. The number of rotatable bonds is 7. The summed E-state index contributed by atoms with van der Waals surface area (Å²) in [6, 6.07) is 5.83. The molecule has 0 aromatic carbocycles. The maximum absolute atomic E-state index is 12.8. The maximum atomic E-state index is 12.8. The highest BCUT2D eigenvalue weighted by atomic mass is 32.2. The zero-order chi connectivity index (χ0) is 21.0. The lowest BCUT2D eigenvalue weighted by Gasteiger charge is -2.34. The molecular weight excluding hydrogens is 388 g/mol. The molecule has 1 saturated heterocycles. The van der Waals surface area contributed by atoms with Crippen LogP contribution in [0.3, 0.4) is 0 Å². The molecule has 1 atom stereocenters. The van der Waals surface area contributed by atoms with Crippen LogP contribution >= 0.6 is 0 Å². The Morgan fingerprint density at radius 2 is 1.86 bits per heavy atom. The van der Waals surface area contributed by atoms with Crippen molar-refractivity contribution in [2.24, 2.45) is 0 Å². The van der Waals surface area contributed by atoms with E-state index in [4.69, 9.17) is 0 Å². The molecule has 0 amide bonds. The van der Waals surface area contributed by atoms with Crippen molar-refractivity contribution in [3.05, 3.63) is 41.5 Å². The summed E-state index contributed by atoms with van der Waals surface area (Å²) in [4.78, 5) is 13.4. The van der Waals surface area contributed by atoms with E-state index in [9.17, 15) is 8.42 Å². The Balaban J connectivity index is 1.71. The van der Waals surface area contributed by atoms with E-state index in [1.165, 1.54) is 4.31 Å². The molecule has 0 bridgehead atoms. The fraction of sp³-hybridized carbons (Fsp3) is 0.550. The molecule has 1 N–H and O–H groups in total. The average molecular weight is 419 g/mol. The molecule has 1 fully saturated rings. The van der Waals surface area contributed by atoms with Crippen LogP contribution in [0.15, 0.2) is 24.4 Å². The number of hydrogen-bond acceptors (Lipinski definition) is 6. The third-order valence-corrected chi connectivity index (χ3v) is 7.34. The number of pyridine rings is 1. The van der Waals surface area contributed by atoms with Gasteiger partial charge in [0.05, 0.1) is 11.9 Å². The van der Waals surface area contributed by atoms with E-state index >= 15 is 0 Å². The first kappa shape index (κ1) is 21.6. The predicted octanol–water partition coefficient (Wildman–Crippen LogP) is 3.00. The van der Waals surface area contributed by atoms with Gasteiger partial charge in [0.15, 0.2) is 0 Å². The van der Waals surface area contributed by atoms with Gasteiger partial charge in [-0.05, 0) is 44.9 Å². The molecule has 2 aromatic rings. The second-order valence-electron chi connectivity index (χ2n) is 7.36. The third-order valence-electron chi connectivity index (χ3n) is 5.19. The van der Waals surface area contributed by atoms with Crippen molar-refractivity contribution >= 4 is 21.8 Å². The molecule has 0 spiro atoms. The Hall–Kier alpha value is -2.10. The van der Waals surface area contributed by atoms with E-state index in [2.05, 4.69) is 20.3 Å². The number of anilines is 2. The van der Waals surface area contributed by atoms with Gasteiger partial charge in [0.2, 0.25) is 5.95 Å². The Morgan fingerprint density at radius 1 is 1.17 bits per heavy atom. The SMILES string of the molecule is CCN(CC)S(=O)(=O)N1CCC[C@H](c2ccc(Nc3nc(C)cc(C)n3)cn2)C1. The summed E-state index contributed by atoms with van der Waals surface area (Å²) in [6.07, 6.45) is 3.53. The van der Waals surface area contributed by atoms with E-state index < -0.39 is 10.2 Å².